The van der Waals surface area contributed by atoms with Gasteiger partial charge in [-0.05, 0) is 38.1 Å². The van der Waals surface area contributed by atoms with E-state index in [1.807, 2.05) is 18.0 Å². The maximum Gasteiger partial charge on any atom is 0.490 e. The summed E-state index contributed by atoms with van der Waals surface area (Å²) < 4.78 is 40.8. The van der Waals surface area contributed by atoms with Crippen LogP contribution >= 0.6 is 11.8 Å². The molecule has 0 bridgehead atoms. The lowest BCUT2D eigenvalue weighted by Crippen LogP contribution is -2.44. The van der Waals surface area contributed by atoms with Gasteiger partial charge >= 0.3 is 12.1 Å². The van der Waals surface area contributed by atoms with Crippen LogP contribution in [0.5, 0.6) is 5.75 Å². The minimum Gasteiger partial charge on any atom is -0.490 e. The van der Waals surface area contributed by atoms with Crippen molar-refractivity contribution in [3.05, 3.63) is 57.0 Å². The van der Waals surface area contributed by atoms with Crippen molar-refractivity contribution in [3.8, 4) is 5.75 Å². The van der Waals surface area contributed by atoms with Gasteiger partial charge in [0, 0.05) is 37.5 Å². The predicted molar refractivity (Wildman–Crippen MR) is 140 cm³/mol. The molecule has 0 radical (unpaired) electrons. The molecule has 0 aliphatic carbocycles. The number of rotatable bonds is 5. The van der Waals surface area contributed by atoms with Gasteiger partial charge < -0.3 is 20.1 Å². The first-order valence-corrected chi connectivity index (χ1v) is 13.7. The van der Waals surface area contributed by atoms with Crippen LogP contribution in [0.2, 0.25) is 0 Å². The molecule has 2 N–H and O–H groups in total. The summed E-state index contributed by atoms with van der Waals surface area (Å²) in [6.45, 7) is 4.72. The summed E-state index contributed by atoms with van der Waals surface area (Å²) in [4.78, 5) is 46.1. The van der Waals surface area contributed by atoms with E-state index in [0.29, 0.717) is 23.8 Å². The average molecular weight is 581 g/mol. The van der Waals surface area contributed by atoms with Crippen LogP contribution in [0.3, 0.4) is 0 Å². The van der Waals surface area contributed by atoms with Gasteiger partial charge in [0.2, 0.25) is 0 Å². The number of piperidine rings is 1. The van der Waals surface area contributed by atoms with Crippen LogP contribution in [0.15, 0.2) is 45.1 Å². The largest absolute Gasteiger partial charge is 0.490 e. The van der Waals surface area contributed by atoms with Crippen molar-refractivity contribution in [1.82, 2.24) is 29.3 Å². The highest BCUT2D eigenvalue weighted by atomic mass is 32.2. The Balaban J connectivity index is 0.000000411. The number of pyridine rings is 2. The lowest BCUT2D eigenvalue weighted by Gasteiger charge is -2.34. The quantitative estimate of drug-likeness (QED) is 0.461. The summed E-state index contributed by atoms with van der Waals surface area (Å²) in [5.41, 5.74) is 2.18. The molecule has 0 saturated carbocycles. The van der Waals surface area contributed by atoms with Gasteiger partial charge in [-0.15, -0.1) is 11.8 Å². The van der Waals surface area contributed by atoms with Crippen molar-refractivity contribution in [3.63, 3.8) is 0 Å². The third kappa shape index (κ3) is 6.15. The van der Waals surface area contributed by atoms with Gasteiger partial charge in [-0.2, -0.15) is 13.2 Å². The van der Waals surface area contributed by atoms with Crippen molar-refractivity contribution in [2.24, 2.45) is 0 Å². The lowest BCUT2D eigenvalue weighted by molar-refractivity contribution is -0.192. The highest BCUT2D eigenvalue weighted by Gasteiger charge is 2.38. The topological polar surface area (TPSA) is 132 Å². The number of carbonyl (C=O) groups is 1. The summed E-state index contributed by atoms with van der Waals surface area (Å²) in [5, 5.41) is 10.8. The number of hydrogen-bond acceptors (Lipinski definition) is 9. The van der Waals surface area contributed by atoms with Gasteiger partial charge in [-0.3, -0.25) is 23.7 Å². The highest BCUT2D eigenvalue weighted by molar-refractivity contribution is 7.99. The fourth-order valence-corrected chi connectivity index (χ4v) is 5.98. The Kier molecular flexibility index (Phi) is 8.14. The number of fused-ring (bicyclic) bond motifs is 1. The van der Waals surface area contributed by atoms with Gasteiger partial charge in [0.05, 0.1) is 35.6 Å². The van der Waals surface area contributed by atoms with Gasteiger partial charge in [0.25, 0.3) is 11.1 Å². The molecule has 1 saturated heterocycles. The predicted octanol–water partition coefficient (Wildman–Crippen LogP) is 1.88. The first kappa shape index (κ1) is 28.1. The Labute approximate surface area is 230 Å². The van der Waals surface area contributed by atoms with Gasteiger partial charge in [0.15, 0.2) is 5.75 Å². The smallest absolute Gasteiger partial charge is 0.490 e. The van der Waals surface area contributed by atoms with E-state index in [1.54, 1.807) is 15.2 Å². The Morgan fingerprint density at radius 3 is 2.62 bits per heavy atom. The van der Waals surface area contributed by atoms with E-state index >= 15 is 0 Å². The van der Waals surface area contributed by atoms with E-state index in [-0.39, 0.29) is 17.2 Å². The molecule has 214 valence electrons. The highest BCUT2D eigenvalue weighted by Crippen LogP contribution is 2.32. The number of carboxylic acid groups (broad SMARTS) is 1. The van der Waals surface area contributed by atoms with Crippen molar-refractivity contribution in [1.29, 1.82) is 0 Å². The second-order valence-electron chi connectivity index (χ2n) is 9.69. The van der Waals surface area contributed by atoms with E-state index < -0.39 is 12.1 Å². The molecule has 0 amide bonds. The maximum atomic E-state index is 12.6. The molecule has 3 aliphatic rings. The van der Waals surface area contributed by atoms with E-state index in [2.05, 4.69) is 26.3 Å². The number of nitrogens with one attached hydrogen (secondary N) is 1. The van der Waals surface area contributed by atoms with Crippen LogP contribution in [0, 0.1) is 0 Å². The summed E-state index contributed by atoms with van der Waals surface area (Å²) in [7, 11) is 0. The van der Waals surface area contributed by atoms with E-state index in [4.69, 9.17) is 14.6 Å². The van der Waals surface area contributed by atoms with Crippen LogP contribution in [0.4, 0.5) is 13.2 Å². The van der Waals surface area contributed by atoms with E-state index in [9.17, 15) is 22.8 Å². The fraction of sp³-hybridized carbons (Fsp3) is 0.480. The van der Waals surface area contributed by atoms with E-state index in [0.717, 1.165) is 62.8 Å². The van der Waals surface area contributed by atoms with Crippen LogP contribution in [0.25, 0.3) is 11.2 Å². The molecule has 6 rings (SSSR count). The number of aromatic nitrogens is 4. The number of nitrogens with zero attached hydrogens (tertiary/aromatic N) is 5. The molecule has 0 spiro atoms. The second-order valence-corrected chi connectivity index (χ2v) is 10.8. The van der Waals surface area contributed by atoms with Crippen LogP contribution in [0.1, 0.15) is 24.6 Å². The average Bonchev–Trinajstić information content (AvgIpc) is 3.32. The van der Waals surface area contributed by atoms with Gasteiger partial charge in [-0.25, -0.2) is 9.78 Å². The minimum absolute atomic E-state index is 0.0398. The number of likely N-dealkylation sites (tertiary alicyclic amines) is 1. The third-order valence-corrected chi connectivity index (χ3v) is 8.03. The Hall–Kier alpha value is -3.43. The molecule has 15 heteroatoms. The Morgan fingerprint density at radius 1 is 1.15 bits per heavy atom. The number of aliphatic carboxylic acids is 1. The van der Waals surface area contributed by atoms with Crippen molar-refractivity contribution in [2.45, 2.75) is 49.1 Å². The summed E-state index contributed by atoms with van der Waals surface area (Å²) in [6.07, 6.45) is 0.210. The van der Waals surface area contributed by atoms with Crippen LogP contribution < -0.4 is 21.2 Å². The number of hydrogen-bond donors (Lipinski definition) is 2. The number of ether oxygens (including phenoxy) is 1. The molecule has 40 heavy (non-hydrogen) atoms. The number of thioether (sulfide) groups is 1. The number of carboxylic acids is 1. The number of halogens is 3. The monoisotopic (exact) mass is 580 g/mol. The van der Waals surface area contributed by atoms with Crippen molar-refractivity contribution in [2.75, 3.05) is 32.0 Å². The summed E-state index contributed by atoms with van der Waals surface area (Å²) in [5.74, 6) is -0.877. The zero-order valence-corrected chi connectivity index (χ0v) is 22.1. The molecule has 3 aliphatic heterocycles. The zero-order chi connectivity index (χ0) is 28.4. The first-order valence-electron chi connectivity index (χ1n) is 12.7. The summed E-state index contributed by atoms with van der Waals surface area (Å²) >= 11 is 1.83. The second kappa shape index (κ2) is 11.6. The maximum absolute atomic E-state index is 12.6. The SMILES string of the molecule is O=C(O)C(F)(F)F.O=c1ccc2ncc(=O)n3c2n1C[C@H]3CN1CCC(NCc2cc3c(cn2)OCCS3)CC1. The fourth-order valence-electron chi connectivity index (χ4n) is 5.12. The molecule has 1 atom stereocenters. The normalized spacial score (nSPS) is 19.0. The zero-order valence-electron chi connectivity index (χ0n) is 21.3. The standard InChI is InChI=1S/C23H26N6O3S.C2HF3O2/c30-21-2-1-18-23-28(21)14-17(29(23)22(31)12-26-18)13-27-5-3-15(4-6-27)24-10-16-9-20-19(11-25-16)32-7-8-33-20;3-2(4,5)1(6)7/h1-2,9,11-12,15,17,24H,3-8,10,13-14H2;(H,6,7)/t17-;/m1./s1. The molecule has 6 heterocycles. The van der Waals surface area contributed by atoms with Crippen LogP contribution in [-0.4, -0.2) is 79.3 Å². The molecule has 0 aromatic carbocycles. The van der Waals surface area contributed by atoms with Crippen molar-refractivity contribution >= 4 is 28.9 Å². The summed E-state index contributed by atoms with van der Waals surface area (Å²) in [6, 6.07) is 5.78. The molecular weight excluding hydrogens is 553 g/mol. The Bertz CT molecular complexity index is 1510. The minimum atomic E-state index is -5.08. The Morgan fingerprint density at radius 2 is 1.90 bits per heavy atom. The van der Waals surface area contributed by atoms with Gasteiger partial charge in [-0.1, -0.05) is 0 Å². The molecule has 0 unspecified atom stereocenters. The van der Waals surface area contributed by atoms with Crippen molar-refractivity contribution < 1.29 is 27.8 Å². The van der Waals surface area contributed by atoms with Crippen LogP contribution in [-0.2, 0) is 17.9 Å². The molecule has 3 aromatic rings. The number of alkyl halides is 3. The van der Waals surface area contributed by atoms with Gasteiger partial charge in [0.1, 0.15) is 11.2 Å². The molecule has 3 aromatic heterocycles. The molecular formula is C25H27F3N6O5S. The molecule has 1 fully saturated rings. The molecule has 11 nitrogen and oxygen atoms in total. The van der Waals surface area contributed by atoms with E-state index in [1.165, 1.54) is 17.2 Å². The lowest BCUT2D eigenvalue weighted by atomic mass is 10.0. The first-order chi connectivity index (χ1) is 19.1. The third-order valence-electron chi connectivity index (χ3n) is 7.03.